The van der Waals surface area contributed by atoms with Crippen LogP contribution in [0.15, 0.2) is 52.3 Å². The lowest BCUT2D eigenvalue weighted by molar-refractivity contribution is 0.181. The van der Waals surface area contributed by atoms with Crippen LogP contribution in [0, 0.1) is 11.3 Å². The maximum atomic E-state index is 12.6. The van der Waals surface area contributed by atoms with Gasteiger partial charge in [0, 0.05) is 50.7 Å². The molecule has 134 valence electrons. The number of hydrogen-bond donors (Lipinski definition) is 0. The summed E-state index contributed by atoms with van der Waals surface area (Å²) < 4.78 is 29.1. The first kappa shape index (κ1) is 17.2. The highest BCUT2D eigenvalue weighted by molar-refractivity contribution is 7.91. The number of sulfonamides is 1. The van der Waals surface area contributed by atoms with E-state index in [1.807, 2.05) is 35.0 Å². The largest absolute Gasteiger partial charge is 0.322 e. The lowest BCUT2D eigenvalue weighted by Gasteiger charge is -2.33. The monoisotopic (exact) mass is 386 g/mol. The number of thiophene rings is 1. The molecule has 0 atom stereocenters. The summed E-state index contributed by atoms with van der Waals surface area (Å²) in [7, 11) is -3.38. The smallest absolute Gasteiger partial charge is 0.252 e. The molecule has 0 saturated carbocycles. The Morgan fingerprint density at radius 3 is 2.62 bits per heavy atom. The van der Waals surface area contributed by atoms with Crippen LogP contribution in [0.1, 0.15) is 11.1 Å². The maximum Gasteiger partial charge on any atom is 0.252 e. The Balaban J connectivity index is 1.47. The van der Waals surface area contributed by atoms with Crippen molar-refractivity contribution in [2.45, 2.75) is 10.8 Å². The van der Waals surface area contributed by atoms with E-state index in [1.54, 1.807) is 21.8 Å². The first-order valence-electron chi connectivity index (χ1n) is 8.34. The number of fused-ring (bicyclic) bond motifs is 1. The number of nitrogens with zero attached hydrogens (tertiary/aromatic N) is 4. The van der Waals surface area contributed by atoms with E-state index in [2.05, 4.69) is 11.0 Å². The Morgan fingerprint density at radius 1 is 1.12 bits per heavy atom. The first-order valence-corrected chi connectivity index (χ1v) is 10.7. The van der Waals surface area contributed by atoms with Crippen molar-refractivity contribution in [3.63, 3.8) is 0 Å². The molecule has 0 amide bonds. The van der Waals surface area contributed by atoms with Crippen molar-refractivity contribution in [2.24, 2.45) is 0 Å². The van der Waals surface area contributed by atoms with Crippen LogP contribution >= 0.6 is 11.3 Å². The summed E-state index contributed by atoms with van der Waals surface area (Å²) in [4.78, 5) is 2.20. The van der Waals surface area contributed by atoms with Gasteiger partial charge < -0.3 is 4.40 Å². The van der Waals surface area contributed by atoms with Crippen LogP contribution in [0.4, 0.5) is 0 Å². The number of pyridine rings is 1. The molecule has 0 unspecified atom stereocenters. The Bertz CT molecular complexity index is 1060. The van der Waals surface area contributed by atoms with Crippen LogP contribution in [-0.2, 0) is 16.6 Å². The minimum absolute atomic E-state index is 0.399. The predicted octanol–water partition coefficient (Wildman–Crippen LogP) is 2.38. The van der Waals surface area contributed by atoms with Crippen LogP contribution in [0.3, 0.4) is 0 Å². The summed E-state index contributed by atoms with van der Waals surface area (Å²) >= 11 is 1.25. The van der Waals surface area contributed by atoms with Crippen molar-refractivity contribution in [3.05, 3.63) is 59.2 Å². The van der Waals surface area contributed by atoms with Crippen LogP contribution in [-0.4, -0.2) is 48.2 Å². The van der Waals surface area contributed by atoms with Crippen molar-refractivity contribution in [2.75, 3.05) is 26.2 Å². The number of nitriles is 1. The van der Waals surface area contributed by atoms with Crippen LogP contribution in [0.2, 0.25) is 0 Å². The van der Waals surface area contributed by atoms with Crippen LogP contribution in [0.25, 0.3) is 5.52 Å². The lowest BCUT2D eigenvalue weighted by atomic mass is 10.1. The quantitative estimate of drug-likeness (QED) is 0.690. The third kappa shape index (κ3) is 3.04. The molecule has 3 aromatic heterocycles. The van der Waals surface area contributed by atoms with Crippen molar-refractivity contribution in [1.29, 1.82) is 5.26 Å². The summed E-state index contributed by atoms with van der Waals surface area (Å²) in [5.41, 5.74) is 2.58. The molecule has 0 bridgehead atoms. The molecular weight excluding hydrogens is 368 g/mol. The van der Waals surface area contributed by atoms with E-state index in [9.17, 15) is 13.7 Å². The molecule has 0 radical (unpaired) electrons. The highest BCUT2D eigenvalue weighted by Crippen LogP contribution is 2.24. The molecule has 1 saturated heterocycles. The predicted molar refractivity (Wildman–Crippen MR) is 100 cm³/mol. The van der Waals surface area contributed by atoms with Gasteiger partial charge in [0.25, 0.3) is 10.0 Å². The summed E-state index contributed by atoms with van der Waals surface area (Å²) in [6.07, 6.45) is 3.92. The normalized spacial score (nSPS) is 16.7. The third-order valence-electron chi connectivity index (χ3n) is 4.69. The van der Waals surface area contributed by atoms with Gasteiger partial charge in [-0.1, -0.05) is 12.1 Å². The molecule has 0 N–H and O–H groups in total. The van der Waals surface area contributed by atoms with Gasteiger partial charge in [0.05, 0.1) is 11.1 Å². The number of hydrogen-bond acceptors (Lipinski definition) is 5. The van der Waals surface area contributed by atoms with Crippen molar-refractivity contribution < 1.29 is 8.42 Å². The second kappa shape index (κ2) is 6.85. The van der Waals surface area contributed by atoms with Crippen LogP contribution in [0.5, 0.6) is 0 Å². The highest BCUT2D eigenvalue weighted by Gasteiger charge is 2.29. The Hall–Kier alpha value is -2.18. The zero-order valence-electron chi connectivity index (χ0n) is 14.1. The molecule has 4 heterocycles. The van der Waals surface area contributed by atoms with Crippen molar-refractivity contribution in [3.8, 4) is 6.07 Å². The van der Waals surface area contributed by atoms with Crippen molar-refractivity contribution >= 4 is 26.9 Å². The fourth-order valence-corrected chi connectivity index (χ4v) is 5.90. The van der Waals surface area contributed by atoms with Gasteiger partial charge >= 0.3 is 0 Å². The zero-order valence-corrected chi connectivity index (χ0v) is 15.7. The highest BCUT2D eigenvalue weighted by atomic mass is 32.2. The Labute approximate surface area is 156 Å². The Kier molecular flexibility index (Phi) is 4.54. The fraction of sp³-hybridized carbons (Fsp3) is 0.278. The van der Waals surface area contributed by atoms with E-state index >= 15 is 0 Å². The number of rotatable bonds is 4. The Morgan fingerprint density at radius 2 is 1.92 bits per heavy atom. The molecule has 0 aromatic carbocycles. The van der Waals surface area contributed by atoms with E-state index in [4.69, 9.17) is 0 Å². The third-order valence-corrected chi connectivity index (χ3v) is 7.96. The van der Waals surface area contributed by atoms with E-state index < -0.39 is 10.0 Å². The van der Waals surface area contributed by atoms with E-state index in [0.29, 0.717) is 42.5 Å². The maximum absolute atomic E-state index is 12.6. The standard InChI is InChI=1S/C18H18N4O2S2/c19-12-16-15(14-21-6-2-1-4-17(16)21)13-20-7-9-22(10-8-20)26(23,24)18-5-3-11-25-18/h1-6,11,14H,7-10,13H2. The molecule has 1 aliphatic heterocycles. The molecule has 3 aromatic rings. The first-order chi connectivity index (χ1) is 12.6. The summed E-state index contributed by atoms with van der Waals surface area (Å²) in [5, 5.41) is 11.3. The summed E-state index contributed by atoms with van der Waals surface area (Å²) in [6.45, 7) is 2.89. The lowest BCUT2D eigenvalue weighted by Crippen LogP contribution is -2.48. The van der Waals surface area contributed by atoms with E-state index in [-0.39, 0.29) is 0 Å². The van der Waals surface area contributed by atoms with Gasteiger partial charge in [-0.2, -0.15) is 9.57 Å². The van der Waals surface area contributed by atoms with E-state index in [0.717, 1.165) is 11.1 Å². The average molecular weight is 387 g/mol. The molecule has 6 nitrogen and oxygen atoms in total. The summed E-state index contributed by atoms with van der Waals surface area (Å²) in [6, 6.07) is 11.5. The number of aromatic nitrogens is 1. The SMILES string of the molecule is N#Cc1c(CN2CCN(S(=O)(=O)c3cccs3)CC2)cn2ccccc12. The fourth-order valence-electron chi connectivity index (χ4n) is 3.33. The molecule has 26 heavy (non-hydrogen) atoms. The van der Waals surface area contributed by atoms with Gasteiger partial charge in [-0.25, -0.2) is 8.42 Å². The van der Waals surface area contributed by atoms with E-state index in [1.165, 1.54) is 11.3 Å². The zero-order chi connectivity index (χ0) is 18.1. The molecule has 1 aliphatic rings. The minimum atomic E-state index is -3.38. The molecular formula is C18H18N4O2S2. The molecule has 0 aliphatic carbocycles. The van der Waals surface area contributed by atoms with Crippen LogP contribution < -0.4 is 0 Å². The molecule has 8 heteroatoms. The van der Waals surface area contributed by atoms with Gasteiger partial charge in [-0.15, -0.1) is 11.3 Å². The van der Waals surface area contributed by atoms with Gasteiger partial charge in [0.2, 0.25) is 0 Å². The van der Waals surface area contributed by atoms with Gasteiger partial charge in [-0.3, -0.25) is 4.90 Å². The van der Waals surface area contributed by atoms with Gasteiger partial charge in [0.1, 0.15) is 10.3 Å². The van der Waals surface area contributed by atoms with Crippen molar-refractivity contribution in [1.82, 2.24) is 13.6 Å². The second-order valence-electron chi connectivity index (χ2n) is 6.25. The molecule has 1 fully saturated rings. The molecule has 4 rings (SSSR count). The topological polar surface area (TPSA) is 68.8 Å². The molecule has 0 spiro atoms. The summed E-state index contributed by atoms with van der Waals surface area (Å²) in [5.74, 6) is 0. The average Bonchev–Trinajstić information content (AvgIpc) is 3.30. The second-order valence-corrected chi connectivity index (χ2v) is 9.36. The number of piperazine rings is 1. The van der Waals surface area contributed by atoms with Gasteiger partial charge in [-0.05, 0) is 23.6 Å². The minimum Gasteiger partial charge on any atom is -0.322 e. The van der Waals surface area contributed by atoms with Gasteiger partial charge in [0.15, 0.2) is 0 Å².